The topological polar surface area (TPSA) is 0 Å². The van der Waals surface area contributed by atoms with Gasteiger partial charge in [0.2, 0.25) is 0 Å². The summed E-state index contributed by atoms with van der Waals surface area (Å²) >= 11 is 0. The van der Waals surface area contributed by atoms with Gasteiger partial charge in [0.25, 0.3) is 0 Å². The molecule has 0 bridgehead atoms. The number of fused-ring (bicyclic) bond motifs is 6. The van der Waals surface area contributed by atoms with Gasteiger partial charge >= 0.3 is 0 Å². The van der Waals surface area contributed by atoms with Crippen molar-refractivity contribution in [3.05, 3.63) is 155 Å². The summed E-state index contributed by atoms with van der Waals surface area (Å²) in [5.74, 6) is 0. The molecule has 0 heterocycles. The lowest BCUT2D eigenvalue weighted by molar-refractivity contribution is 0.660. The molecule has 0 aromatic heterocycles. The van der Waals surface area contributed by atoms with Gasteiger partial charge in [-0.15, -0.1) is 0 Å². The molecule has 2 aliphatic rings. The molecule has 0 spiro atoms. The summed E-state index contributed by atoms with van der Waals surface area (Å²) in [4.78, 5) is 0. The van der Waals surface area contributed by atoms with Crippen LogP contribution in [0.4, 0.5) is 0 Å². The minimum absolute atomic E-state index is 0.0472. The van der Waals surface area contributed by atoms with Crippen molar-refractivity contribution in [2.24, 2.45) is 0 Å². The second kappa shape index (κ2) is 8.35. The molecule has 0 saturated heterocycles. The van der Waals surface area contributed by atoms with E-state index in [2.05, 4.69) is 149 Å². The van der Waals surface area contributed by atoms with E-state index in [1.54, 1.807) is 0 Å². The monoisotopic (exact) mass is 464 g/mol. The van der Waals surface area contributed by atoms with Gasteiger partial charge in [-0.1, -0.05) is 141 Å². The predicted octanol–water partition coefficient (Wildman–Crippen LogP) is 9.32. The highest BCUT2D eigenvalue weighted by Crippen LogP contribution is 2.52. The Morgan fingerprint density at radius 3 is 1.44 bits per heavy atom. The van der Waals surface area contributed by atoms with Crippen LogP contribution < -0.4 is 0 Å². The van der Waals surface area contributed by atoms with Crippen LogP contribution in [-0.2, 0) is 10.8 Å². The summed E-state index contributed by atoms with van der Waals surface area (Å²) in [6.45, 7) is 9.14. The first-order chi connectivity index (χ1) is 17.4. The van der Waals surface area contributed by atoms with E-state index in [0.717, 1.165) is 0 Å². The van der Waals surface area contributed by atoms with Gasteiger partial charge in [0.15, 0.2) is 0 Å². The molecule has 0 nitrogen and oxygen atoms in total. The van der Waals surface area contributed by atoms with E-state index in [-0.39, 0.29) is 10.8 Å². The van der Waals surface area contributed by atoms with E-state index in [1.807, 2.05) is 0 Å². The lowest BCUT2D eigenvalue weighted by Gasteiger charge is -2.28. The molecule has 0 saturated carbocycles. The van der Waals surface area contributed by atoms with E-state index in [1.165, 1.54) is 55.6 Å². The quantitative estimate of drug-likeness (QED) is 0.232. The highest BCUT2D eigenvalue weighted by atomic mass is 14.4. The van der Waals surface area contributed by atoms with Crippen LogP contribution in [0, 0.1) is 6.92 Å². The van der Waals surface area contributed by atoms with Crippen molar-refractivity contribution < 1.29 is 0 Å². The molecule has 0 heteroatoms. The van der Waals surface area contributed by atoms with Crippen molar-refractivity contribution in [1.82, 2.24) is 0 Å². The fourth-order valence-electron chi connectivity index (χ4n) is 6.35. The maximum absolute atomic E-state index is 2.34. The minimum atomic E-state index is -0.0472. The average Bonchev–Trinajstić information content (AvgIpc) is 3.32. The van der Waals surface area contributed by atoms with Gasteiger partial charge in [-0.25, -0.2) is 0 Å². The Morgan fingerprint density at radius 2 is 0.861 bits per heavy atom. The van der Waals surface area contributed by atoms with E-state index in [4.69, 9.17) is 0 Å². The van der Waals surface area contributed by atoms with Crippen molar-refractivity contribution in [3.63, 3.8) is 0 Å². The summed E-state index contributed by atoms with van der Waals surface area (Å²) in [5.41, 5.74) is 14.1. The molecule has 2 aliphatic carbocycles. The maximum atomic E-state index is 2.34. The van der Waals surface area contributed by atoms with E-state index < -0.39 is 0 Å². The van der Waals surface area contributed by atoms with Crippen LogP contribution in [0.25, 0.3) is 22.3 Å². The largest absolute Gasteiger partial charge is 0.0622 e. The molecule has 0 radical (unpaired) electrons. The zero-order valence-corrected chi connectivity index (χ0v) is 21.5. The number of hydrogen-bond acceptors (Lipinski definition) is 0. The normalized spacial score (nSPS) is 15.1. The minimum Gasteiger partial charge on any atom is -0.0622 e. The third-order valence-electron chi connectivity index (χ3n) is 8.31. The average molecular weight is 465 g/mol. The second-order valence-corrected chi connectivity index (χ2v) is 10.8. The maximum Gasteiger partial charge on any atom is 0.0435 e. The number of rotatable bonds is 1. The molecule has 36 heavy (non-hydrogen) atoms. The summed E-state index contributed by atoms with van der Waals surface area (Å²) in [7, 11) is 0. The first-order valence-corrected chi connectivity index (χ1v) is 12.9. The van der Waals surface area contributed by atoms with Crippen LogP contribution in [0.1, 0.15) is 54.2 Å². The number of hydrogen-bond donors (Lipinski definition) is 0. The van der Waals surface area contributed by atoms with Gasteiger partial charge in [0.05, 0.1) is 0 Å². The molecule has 0 N–H and O–H groups in total. The van der Waals surface area contributed by atoms with Gasteiger partial charge in [-0.05, 0) is 63.9 Å². The summed E-state index contributed by atoms with van der Waals surface area (Å²) in [6.07, 6.45) is 0. The summed E-state index contributed by atoms with van der Waals surface area (Å²) in [6, 6.07) is 43.9. The van der Waals surface area contributed by atoms with Crippen LogP contribution in [0.15, 0.2) is 121 Å². The molecular formula is C36H32. The van der Waals surface area contributed by atoms with Crippen LogP contribution in [0.2, 0.25) is 0 Å². The molecule has 7 rings (SSSR count). The second-order valence-electron chi connectivity index (χ2n) is 10.8. The summed E-state index contributed by atoms with van der Waals surface area (Å²) in [5, 5.41) is 0. The Bertz CT molecular complexity index is 1520. The lowest BCUT2D eigenvalue weighted by Crippen LogP contribution is -2.22. The van der Waals surface area contributed by atoms with Crippen molar-refractivity contribution in [2.45, 2.75) is 38.5 Å². The van der Waals surface area contributed by atoms with Crippen LogP contribution in [-0.4, -0.2) is 0 Å². The van der Waals surface area contributed by atoms with Gasteiger partial charge in [0, 0.05) is 10.8 Å². The Morgan fingerprint density at radius 1 is 0.417 bits per heavy atom. The van der Waals surface area contributed by atoms with Crippen molar-refractivity contribution in [2.75, 3.05) is 0 Å². The number of benzene rings is 5. The smallest absolute Gasteiger partial charge is 0.0435 e. The van der Waals surface area contributed by atoms with Crippen LogP contribution in [0.5, 0.6) is 0 Å². The highest BCUT2D eigenvalue weighted by Gasteiger charge is 2.40. The first-order valence-electron chi connectivity index (χ1n) is 12.9. The van der Waals surface area contributed by atoms with E-state index >= 15 is 0 Å². The molecule has 5 aromatic rings. The van der Waals surface area contributed by atoms with Gasteiger partial charge < -0.3 is 0 Å². The zero-order valence-electron chi connectivity index (χ0n) is 21.5. The first kappa shape index (κ1) is 22.6. The highest BCUT2D eigenvalue weighted by molar-refractivity contribution is 5.83. The van der Waals surface area contributed by atoms with Crippen LogP contribution >= 0.6 is 0 Å². The fraction of sp³-hybridized carbons (Fsp3) is 0.167. The molecule has 0 aliphatic heterocycles. The lowest BCUT2D eigenvalue weighted by atomic mass is 9.74. The Labute approximate surface area is 215 Å². The fourth-order valence-corrected chi connectivity index (χ4v) is 6.35. The van der Waals surface area contributed by atoms with Gasteiger partial charge in [0.1, 0.15) is 0 Å². The van der Waals surface area contributed by atoms with Gasteiger partial charge in [-0.2, -0.15) is 0 Å². The zero-order chi connectivity index (χ0) is 24.9. The Hall–Kier alpha value is -3.90. The van der Waals surface area contributed by atoms with Crippen molar-refractivity contribution in [3.8, 4) is 22.3 Å². The number of aryl methyl sites for hydroxylation is 1. The van der Waals surface area contributed by atoms with Crippen LogP contribution in [0.3, 0.4) is 0 Å². The molecule has 5 aromatic carbocycles. The van der Waals surface area contributed by atoms with Crippen molar-refractivity contribution >= 4 is 0 Å². The van der Waals surface area contributed by atoms with Crippen molar-refractivity contribution in [1.29, 1.82) is 0 Å². The van der Waals surface area contributed by atoms with Gasteiger partial charge in [-0.3, -0.25) is 0 Å². The molecule has 176 valence electrons. The third-order valence-corrected chi connectivity index (χ3v) is 8.31. The standard InChI is InChI=1S/C20H16.C16H16/c1-20(15-9-3-2-4-10-15)18-13-7-5-11-16(18)17-12-6-8-14-19(17)20;1-11-8-9-13-12-6-4-5-7-14(12)16(2,3)15(13)10-11/h2-14H,1H3;4-10H,1-3H3. The molecule has 0 unspecified atom stereocenters. The molecule has 0 amide bonds. The third kappa shape index (κ3) is 3.28. The molecule has 0 atom stereocenters. The SMILES string of the molecule is CC1(c2ccccc2)c2ccccc2-c2ccccc21.Cc1ccc2c(c1)C(C)(C)c1ccccc1-2. The predicted molar refractivity (Wildman–Crippen MR) is 153 cm³/mol. The Balaban J connectivity index is 0.000000137. The molecule has 0 fully saturated rings. The summed E-state index contributed by atoms with van der Waals surface area (Å²) < 4.78 is 0. The molecular weight excluding hydrogens is 432 g/mol. The van der Waals surface area contributed by atoms with E-state index in [0.29, 0.717) is 0 Å². The Kier molecular flexibility index (Phi) is 5.23. The van der Waals surface area contributed by atoms with E-state index in [9.17, 15) is 0 Å².